The third-order valence-corrected chi connectivity index (χ3v) is 3.60. The smallest absolute Gasteiger partial charge is 0.188 e. The number of hydrogen-bond acceptors (Lipinski definition) is 3. The molecule has 1 aromatic heterocycles. The number of ether oxygens (including phenoxy) is 1. The van der Waals surface area contributed by atoms with Crippen LogP contribution in [0.1, 0.15) is 31.0 Å². The predicted octanol–water partition coefficient (Wildman–Crippen LogP) is 3.35. The zero-order chi connectivity index (χ0) is 17.2. The van der Waals surface area contributed by atoms with Gasteiger partial charge in [0.15, 0.2) is 5.96 Å². The number of nitrogens with one attached hydrogen (secondary N) is 1. The van der Waals surface area contributed by atoms with Gasteiger partial charge in [-0.05, 0) is 35.7 Å². The summed E-state index contributed by atoms with van der Waals surface area (Å²) < 4.78 is 5.68. The minimum Gasteiger partial charge on any atom is -0.492 e. The Morgan fingerprint density at radius 3 is 2.60 bits per heavy atom. The van der Waals surface area contributed by atoms with Crippen LogP contribution in [-0.2, 0) is 6.42 Å². The van der Waals surface area contributed by atoms with Gasteiger partial charge in [-0.3, -0.25) is 9.98 Å². The van der Waals surface area contributed by atoms with Crippen molar-refractivity contribution in [3.05, 3.63) is 59.9 Å². The fourth-order valence-electron chi connectivity index (χ4n) is 2.19. The van der Waals surface area contributed by atoms with E-state index in [1.165, 1.54) is 5.56 Å². The molecule has 0 spiro atoms. The van der Waals surface area contributed by atoms with E-state index in [-0.39, 0.29) is 24.0 Å². The number of nitrogens with two attached hydrogens (primary N) is 1. The van der Waals surface area contributed by atoms with E-state index >= 15 is 0 Å². The maximum Gasteiger partial charge on any atom is 0.188 e. The van der Waals surface area contributed by atoms with Crippen molar-refractivity contribution >= 4 is 29.9 Å². The van der Waals surface area contributed by atoms with Crippen LogP contribution in [0.15, 0.2) is 53.7 Å². The van der Waals surface area contributed by atoms with Crippen LogP contribution in [0, 0.1) is 0 Å². The number of halogens is 1. The molecule has 0 aliphatic rings. The lowest BCUT2D eigenvalue weighted by atomic mass is 10.0. The topological polar surface area (TPSA) is 72.5 Å². The molecule has 0 aliphatic heterocycles. The summed E-state index contributed by atoms with van der Waals surface area (Å²) in [4.78, 5) is 8.53. The van der Waals surface area contributed by atoms with Crippen LogP contribution in [0.2, 0.25) is 0 Å². The van der Waals surface area contributed by atoms with Gasteiger partial charge in [0.2, 0.25) is 0 Å². The molecule has 2 rings (SSSR count). The van der Waals surface area contributed by atoms with Crippen LogP contribution < -0.4 is 15.8 Å². The van der Waals surface area contributed by atoms with E-state index in [1.807, 2.05) is 30.3 Å². The lowest BCUT2D eigenvalue weighted by molar-refractivity contribution is 0.322. The third-order valence-electron chi connectivity index (χ3n) is 3.60. The van der Waals surface area contributed by atoms with E-state index in [2.05, 4.69) is 41.3 Å². The van der Waals surface area contributed by atoms with Gasteiger partial charge in [0, 0.05) is 24.9 Å². The summed E-state index contributed by atoms with van der Waals surface area (Å²) in [6, 6.07) is 14.1. The van der Waals surface area contributed by atoms with Crippen molar-refractivity contribution in [2.45, 2.75) is 26.2 Å². The Morgan fingerprint density at radius 2 is 1.96 bits per heavy atom. The van der Waals surface area contributed by atoms with Gasteiger partial charge < -0.3 is 15.8 Å². The van der Waals surface area contributed by atoms with Crippen LogP contribution in [0.4, 0.5) is 0 Å². The highest BCUT2D eigenvalue weighted by atomic mass is 127. The van der Waals surface area contributed by atoms with E-state index < -0.39 is 0 Å². The molecule has 0 saturated heterocycles. The molecule has 0 saturated carbocycles. The molecule has 136 valence electrons. The lowest BCUT2D eigenvalue weighted by Gasteiger charge is -2.10. The number of aliphatic imine (C=N–C) groups is 1. The number of hydrogen-bond donors (Lipinski definition) is 2. The van der Waals surface area contributed by atoms with Crippen molar-refractivity contribution < 1.29 is 4.74 Å². The maximum absolute atomic E-state index is 5.83. The number of nitrogens with zero attached hydrogens (tertiary/aromatic N) is 2. The number of guanidine groups is 1. The molecule has 0 unspecified atom stereocenters. The Kier molecular flexibility index (Phi) is 9.91. The number of aromatic nitrogens is 1. The normalized spacial score (nSPS) is 11.1. The van der Waals surface area contributed by atoms with Crippen LogP contribution >= 0.6 is 24.0 Å². The average Bonchev–Trinajstić information content (AvgIpc) is 2.60. The SMILES string of the molecule is CC(C)c1ccc(OCCNC(N)=NCCc2ccccn2)cc1.I. The molecule has 1 aromatic carbocycles. The lowest BCUT2D eigenvalue weighted by Crippen LogP contribution is -2.35. The summed E-state index contributed by atoms with van der Waals surface area (Å²) in [6.45, 7) is 6.13. The quantitative estimate of drug-likeness (QED) is 0.278. The molecule has 25 heavy (non-hydrogen) atoms. The van der Waals surface area contributed by atoms with Gasteiger partial charge in [0.1, 0.15) is 12.4 Å². The Morgan fingerprint density at radius 1 is 1.20 bits per heavy atom. The fourth-order valence-corrected chi connectivity index (χ4v) is 2.19. The first-order valence-electron chi connectivity index (χ1n) is 8.31. The minimum absolute atomic E-state index is 0. The Hall–Kier alpha value is -1.83. The van der Waals surface area contributed by atoms with Crippen LogP contribution in [0.5, 0.6) is 5.75 Å². The van der Waals surface area contributed by atoms with E-state index in [4.69, 9.17) is 10.5 Å². The number of benzene rings is 1. The highest BCUT2D eigenvalue weighted by Crippen LogP contribution is 2.18. The van der Waals surface area contributed by atoms with E-state index in [1.54, 1.807) is 6.20 Å². The van der Waals surface area contributed by atoms with Gasteiger partial charge >= 0.3 is 0 Å². The molecule has 0 radical (unpaired) electrons. The average molecular weight is 454 g/mol. The van der Waals surface area contributed by atoms with Crippen molar-refractivity contribution in [3.63, 3.8) is 0 Å². The molecule has 6 heteroatoms. The molecule has 0 bridgehead atoms. The summed E-state index contributed by atoms with van der Waals surface area (Å²) in [5, 5.41) is 3.05. The molecule has 0 fully saturated rings. The predicted molar refractivity (Wildman–Crippen MR) is 114 cm³/mol. The van der Waals surface area contributed by atoms with E-state index in [0.717, 1.165) is 17.9 Å². The van der Waals surface area contributed by atoms with E-state index in [0.29, 0.717) is 31.6 Å². The summed E-state index contributed by atoms with van der Waals surface area (Å²) in [6.07, 6.45) is 2.56. The van der Waals surface area contributed by atoms with Gasteiger partial charge in [0.25, 0.3) is 0 Å². The molecular weight excluding hydrogens is 427 g/mol. The standard InChI is InChI=1S/C19H26N4O.HI/c1-15(2)16-6-8-18(9-7-16)24-14-13-23-19(20)22-12-10-17-5-3-4-11-21-17;/h3-9,11,15H,10,12-14H2,1-2H3,(H3,20,22,23);1H. The van der Waals surface area contributed by atoms with Crippen molar-refractivity contribution in [3.8, 4) is 5.75 Å². The molecular formula is C19H27IN4O. The third kappa shape index (κ3) is 8.20. The van der Waals surface area contributed by atoms with Crippen LogP contribution in [0.3, 0.4) is 0 Å². The summed E-state index contributed by atoms with van der Waals surface area (Å²) in [5.41, 5.74) is 8.16. The first-order chi connectivity index (χ1) is 11.6. The zero-order valence-electron chi connectivity index (χ0n) is 14.8. The summed E-state index contributed by atoms with van der Waals surface area (Å²) >= 11 is 0. The Labute approximate surface area is 167 Å². The van der Waals surface area contributed by atoms with Gasteiger partial charge in [-0.2, -0.15) is 0 Å². The second-order valence-corrected chi connectivity index (χ2v) is 5.84. The first-order valence-corrected chi connectivity index (χ1v) is 8.31. The number of rotatable bonds is 8. The highest BCUT2D eigenvalue weighted by Gasteiger charge is 1.99. The van der Waals surface area contributed by atoms with Gasteiger partial charge in [-0.15, -0.1) is 24.0 Å². The molecule has 1 heterocycles. The van der Waals surface area contributed by atoms with Crippen molar-refractivity contribution in [1.29, 1.82) is 0 Å². The molecule has 3 N–H and O–H groups in total. The summed E-state index contributed by atoms with van der Waals surface area (Å²) in [5.74, 6) is 1.83. The molecule has 2 aromatic rings. The molecule has 5 nitrogen and oxygen atoms in total. The number of pyridine rings is 1. The van der Waals surface area contributed by atoms with Crippen LogP contribution in [-0.4, -0.2) is 30.6 Å². The zero-order valence-corrected chi connectivity index (χ0v) is 17.1. The van der Waals surface area contributed by atoms with Gasteiger partial charge in [0.05, 0.1) is 6.54 Å². The minimum atomic E-state index is 0. The van der Waals surface area contributed by atoms with E-state index in [9.17, 15) is 0 Å². The van der Waals surface area contributed by atoms with Crippen molar-refractivity contribution in [2.24, 2.45) is 10.7 Å². The highest BCUT2D eigenvalue weighted by molar-refractivity contribution is 14.0. The van der Waals surface area contributed by atoms with Gasteiger partial charge in [-0.25, -0.2) is 0 Å². The second-order valence-electron chi connectivity index (χ2n) is 5.84. The molecule has 0 atom stereocenters. The maximum atomic E-state index is 5.83. The van der Waals surface area contributed by atoms with Crippen LogP contribution in [0.25, 0.3) is 0 Å². The van der Waals surface area contributed by atoms with Crippen molar-refractivity contribution in [1.82, 2.24) is 10.3 Å². The monoisotopic (exact) mass is 454 g/mol. The Bertz CT molecular complexity index is 630. The molecule has 0 amide bonds. The Balaban J connectivity index is 0.00000312. The van der Waals surface area contributed by atoms with Crippen molar-refractivity contribution in [2.75, 3.05) is 19.7 Å². The molecule has 0 aliphatic carbocycles. The summed E-state index contributed by atoms with van der Waals surface area (Å²) in [7, 11) is 0. The second kappa shape index (κ2) is 11.7. The van der Waals surface area contributed by atoms with Gasteiger partial charge in [-0.1, -0.05) is 32.0 Å². The largest absolute Gasteiger partial charge is 0.492 e. The fraction of sp³-hybridized carbons (Fsp3) is 0.368. The first kappa shape index (κ1) is 21.2.